The molecule has 0 radical (unpaired) electrons. The molecule has 1 N–H and O–H groups in total. The summed E-state index contributed by atoms with van der Waals surface area (Å²) < 4.78 is 0. The molecule has 0 saturated carbocycles. The Kier molecular flexibility index (Phi) is 3.07. The highest BCUT2D eigenvalue weighted by molar-refractivity contribution is 7.99. The summed E-state index contributed by atoms with van der Waals surface area (Å²) in [6.45, 7) is 0. The Bertz CT molecular complexity index is 461. The summed E-state index contributed by atoms with van der Waals surface area (Å²) in [4.78, 5) is 18.7. The molecule has 0 fully saturated rings. The smallest absolute Gasteiger partial charge is 0.254 e. The van der Waals surface area contributed by atoms with Crippen molar-refractivity contribution in [3.05, 3.63) is 21.6 Å². The molecule has 0 saturated heterocycles. The molecule has 1 aromatic heterocycles. The molecule has 78 valence electrons. The molecule has 0 spiro atoms. The van der Waals surface area contributed by atoms with Gasteiger partial charge in [-0.25, -0.2) is 4.98 Å². The van der Waals surface area contributed by atoms with Crippen molar-refractivity contribution in [1.29, 1.82) is 5.26 Å². The molecule has 0 amide bonds. The summed E-state index contributed by atoms with van der Waals surface area (Å²) in [6, 6.07) is 2.06. The number of rotatable bonds is 3. The summed E-state index contributed by atoms with van der Waals surface area (Å²) in [5, 5.41) is 9.05. The summed E-state index contributed by atoms with van der Waals surface area (Å²) in [5.74, 6) is 0.679. The highest BCUT2D eigenvalue weighted by Crippen LogP contribution is 2.19. The first-order valence-corrected chi connectivity index (χ1v) is 5.91. The third-order valence-electron chi connectivity index (χ3n) is 2.37. The fourth-order valence-electron chi connectivity index (χ4n) is 1.68. The number of nitriles is 1. The van der Waals surface area contributed by atoms with E-state index in [9.17, 15) is 4.79 Å². The van der Waals surface area contributed by atoms with Gasteiger partial charge in [0.05, 0.1) is 11.8 Å². The van der Waals surface area contributed by atoms with Crippen LogP contribution < -0.4 is 5.56 Å². The molecule has 0 aromatic carbocycles. The molecule has 0 bridgehead atoms. The molecule has 1 aliphatic rings. The van der Waals surface area contributed by atoms with Crippen LogP contribution in [0.1, 0.15) is 24.1 Å². The number of hydrogen-bond donors (Lipinski definition) is 1. The lowest BCUT2D eigenvalue weighted by Crippen LogP contribution is -2.14. The summed E-state index contributed by atoms with van der Waals surface area (Å²) in [7, 11) is 0. The van der Waals surface area contributed by atoms with E-state index in [4.69, 9.17) is 5.26 Å². The van der Waals surface area contributed by atoms with E-state index in [1.54, 1.807) is 0 Å². The molecular weight excluding hydrogens is 210 g/mol. The number of hydrogen-bond acceptors (Lipinski definition) is 4. The molecule has 1 aliphatic carbocycles. The largest absolute Gasteiger partial charge is 0.301 e. The van der Waals surface area contributed by atoms with Gasteiger partial charge in [0.25, 0.3) is 5.56 Å². The number of nitrogens with zero attached hydrogens (tertiary/aromatic N) is 2. The lowest BCUT2D eigenvalue weighted by Gasteiger charge is -2.01. The molecule has 15 heavy (non-hydrogen) atoms. The van der Waals surface area contributed by atoms with Crippen molar-refractivity contribution >= 4 is 11.8 Å². The molecule has 4 nitrogen and oxygen atoms in total. The minimum absolute atomic E-state index is 0.00282. The maximum absolute atomic E-state index is 11.6. The monoisotopic (exact) mass is 221 g/mol. The van der Waals surface area contributed by atoms with Gasteiger partial charge in [-0.3, -0.25) is 4.79 Å². The Morgan fingerprint density at radius 1 is 1.53 bits per heavy atom. The Morgan fingerprint density at radius 3 is 3.20 bits per heavy atom. The van der Waals surface area contributed by atoms with Crippen molar-refractivity contribution < 1.29 is 0 Å². The van der Waals surface area contributed by atoms with Gasteiger partial charge in [0.1, 0.15) is 0 Å². The normalized spacial score (nSPS) is 13.5. The average molecular weight is 221 g/mol. The van der Waals surface area contributed by atoms with Gasteiger partial charge in [-0.15, -0.1) is 0 Å². The molecule has 0 aliphatic heterocycles. The van der Waals surface area contributed by atoms with Crippen LogP contribution in [0, 0.1) is 11.3 Å². The average Bonchev–Trinajstić information content (AvgIpc) is 2.66. The van der Waals surface area contributed by atoms with Crippen LogP contribution >= 0.6 is 11.8 Å². The number of aromatic amines is 1. The van der Waals surface area contributed by atoms with Crippen molar-refractivity contribution in [3.8, 4) is 6.07 Å². The van der Waals surface area contributed by atoms with Crippen molar-refractivity contribution in [2.24, 2.45) is 0 Å². The minimum atomic E-state index is -0.00282. The van der Waals surface area contributed by atoms with E-state index in [0.717, 1.165) is 30.5 Å². The van der Waals surface area contributed by atoms with Gasteiger partial charge < -0.3 is 4.98 Å². The van der Waals surface area contributed by atoms with Gasteiger partial charge in [-0.1, -0.05) is 11.8 Å². The van der Waals surface area contributed by atoms with E-state index in [2.05, 4.69) is 16.0 Å². The summed E-state index contributed by atoms with van der Waals surface area (Å²) in [5.41, 5.74) is 1.79. The van der Waals surface area contributed by atoms with E-state index < -0.39 is 0 Å². The number of H-pyrrole nitrogens is 1. The number of thioether (sulfide) groups is 1. The van der Waals surface area contributed by atoms with Crippen LogP contribution in [0.2, 0.25) is 0 Å². The molecule has 0 atom stereocenters. The molecule has 1 heterocycles. The Morgan fingerprint density at radius 2 is 2.40 bits per heavy atom. The first-order chi connectivity index (χ1) is 7.31. The van der Waals surface area contributed by atoms with Crippen LogP contribution in [0.4, 0.5) is 0 Å². The number of aryl methyl sites for hydroxylation is 1. The van der Waals surface area contributed by atoms with Crippen LogP contribution in [0.3, 0.4) is 0 Å². The molecule has 0 unspecified atom stereocenters. The summed E-state index contributed by atoms with van der Waals surface area (Å²) in [6.07, 6.45) is 3.26. The lowest BCUT2D eigenvalue weighted by atomic mass is 10.3. The van der Waals surface area contributed by atoms with Gasteiger partial charge >= 0.3 is 0 Å². The van der Waals surface area contributed by atoms with E-state index in [-0.39, 0.29) is 5.56 Å². The Balaban J connectivity index is 2.17. The minimum Gasteiger partial charge on any atom is -0.301 e. The zero-order chi connectivity index (χ0) is 10.7. The predicted octanol–water partition coefficient (Wildman–Crippen LogP) is 1.26. The van der Waals surface area contributed by atoms with Gasteiger partial charge in [0.15, 0.2) is 5.16 Å². The van der Waals surface area contributed by atoms with Gasteiger partial charge in [0.2, 0.25) is 0 Å². The SMILES string of the molecule is N#CCCSc1nc2c(c(=O)[nH]1)CCC2. The third-order valence-corrected chi connectivity index (χ3v) is 3.25. The van der Waals surface area contributed by atoms with Crippen molar-refractivity contribution in [2.45, 2.75) is 30.8 Å². The maximum atomic E-state index is 11.6. The lowest BCUT2D eigenvalue weighted by molar-refractivity contribution is 0.869. The van der Waals surface area contributed by atoms with Gasteiger partial charge in [-0.05, 0) is 19.3 Å². The van der Waals surface area contributed by atoms with Crippen LogP contribution in [0.25, 0.3) is 0 Å². The molecular formula is C10H11N3OS. The maximum Gasteiger partial charge on any atom is 0.254 e. The second-order valence-electron chi connectivity index (χ2n) is 3.41. The highest BCUT2D eigenvalue weighted by atomic mass is 32.2. The van der Waals surface area contributed by atoms with Crippen LogP contribution in [0.15, 0.2) is 9.95 Å². The van der Waals surface area contributed by atoms with Crippen LogP contribution in [-0.2, 0) is 12.8 Å². The van der Waals surface area contributed by atoms with Gasteiger partial charge in [-0.2, -0.15) is 5.26 Å². The van der Waals surface area contributed by atoms with Crippen molar-refractivity contribution in [3.63, 3.8) is 0 Å². The van der Waals surface area contributed by atoms with E-state index in [0.29, 0.717) is 17.3 Å². The van der Waals surface area contributed by atoms with Crippen molar-refractivity contribution in [2.75, 3.05) is 5.75 Å². The fraction of sp³-hybridized carbons (Fsp3) is 0.500. The van der Waals surface area contributed by atoms with Crippen LogP contribution in [-0.4, -0.2) is 15.7 Å². The zero-order valence-corrected chi connectivity index (χ0v) is 9.06. The van der Waals surface area contributed by atoms with Crippen LogP contribution in [0.5, 0.6) is 0 Å². The standard InChI is InChI=1S/C10H11N3OS/c11-5-2-6-15-10-12-8-4-1-3-7(8)9(14)13-10/h1-4,6H2,(H,12,13,14). The summed E-state index contributed by atoms with van der Waals surface area (Å²) >= 11 is 1.44. The predicted molar refractivity (Wildman–Crippen MR) is 57.8 cm³/mol. The number of fused-ring (bicyclic) bond motifs is 1. The molecule has 2 rings (SSSR count). The highest BCUT2D eigenvalue weighted by Gasteiger charge is 2.16. The first kappa shape index (κ1) is 10.2. The number of nitrogens with one attached hydrogen (secondary N) is 1. The quantitative estimate of drug-likeness (QED) is 0.474. The fourth-order valence-corrected chi connectivity index (χ4v) is 2.41. The molecule has 5 heteroatoms. The Labute approximate surface area is 91.7 Å². The third kappa shape index (κ3) is 2.21. The number of aromatic nitrogens is 2. The second-order valence-corrected chi connectivity index (χ2v) is 4.49. The topological polar surface area (TPSA) is 69.5 Å². The van der Waals surface area contributed by atoms with Gasteiger partial charge in [0, 0.05) is 17.7 Å². The van der Waals surface area contributed by atoms with E-state index in [1.165, 1.54) is 11.8 Å². The van der Waals surface area contributed by atoms with Crippen molar-refractivity contribution in [1.82, 2.24) is 9.97 Å². The first-order valence-electron chi connectivity index (χ1n) is 4.93. The Hall–Kier alpha value is -1.28. The molecule has 1 aromatic rings. The zero-order valence-electron chi connectivity index (χ0n) is 8.25. The van der Waals surface area contributed by atoms with E-state index in [1.807, 2.05) is 0 Å². The van der Waals surface area contributed by atoms with E-state index >= 15 is 0 Å². The second kappa shape index (κ2) is 4.49.